The smallest absolute Gasteiger partial charge is 0.134 e. The molecule has 0 spiro atoms. The van der Waals surface area contributed by atoms with Crippen molar-refractivity contribution < 1.29 is 0 Å². The van der Waals surface area contributed by atoms with Gasteiger partial charge in [0.2, 0.25) is 0 Å². The summed E-state index contributed by atoms with van der Waals surface area (Å²) >= 11 is 5.64. The zero-order valence-corrected chi connectivity index (χ0v) is 8.48. The van der Waals surface area contributed by atoms with E-state index in [9.17, 15) is 0 Å². The zero-order chi connectivity index (χ0) is 10.4. The van der Waals surface area contributed by atoms with Crippen LogP contribution >= 0.6 is 11.6 Å². The number of rotatable bonds is 4. The minimum atomic E-state index is -0.552. The summed E-state index contributed by atoms with van der Waals surface area (Å²) in [6.45, 7) is 0.971. The number of hydrazine groups is 1. The number of hydrogen-bond acceptors (Lipinski definition) is 3. The first-order valence-corrected chi connectivity index (χ1v) is 4.73. The van der Waals surface area contributed by atoms with E-state index < -0.39 is 5.38 Å². The Morgan fingerprint density at radius 2 is 2.07 bits per heavy atom. The highest BCUT2D eigenvalue weighted by Gasteiger charge is 2.07. The van der Waals surface area contributed by atoms with E-state index in [0.717, 1.165) is 5.56 Å². The zero-order valence-electron chi connectivity index (χ0n) is 7.73. The highest BCUT2D eigenvalue weighted by atomic mass is 35.5. The Hall–Kier alpha value is -1.08. The standard InChI is InChI=1S/C10H12ClN3/c11-10(6-12)8-14(13)7-9-4-2-1-3-5-9/h1-5,10H,7-8,13H2. The molecular formula is C10H12ClN3. The van der Waals surface area contributed by atoms with Crippen LogP contribution in [0.25, 0.3) is 0 Å². The van der Waals surface area contributed by atoms with E-state index in [2.05, 4.69) is 0 Å². The number of alkyl halides is 1. The second-order valence-electron chi connectivity index (χ2n) is 3.01. The summed E-state index contributed by atoms with van der Waals surface area (Å²) < 4.78 is 0. The van der Waals surface area contributed by atoms with Gasteiger partial charge in [-0.3, -0.25) is 5.84 Å². The third-order valence-electron chi connectivity index (χ3n) is 1.76. The average Bonchev–Trinajstić information content (AvgIpc) is 2.19. The van der Waals surface area contributed by atoms with E-state index in [4.69, 9.17) is 22.7 Å². The summed E-state index contributed by atoms with van der Waals surface area (Å²) in [4.78, 5) is 0. The van der Waals surface area contributed by atoms with Crippen LogP contribution in [0.2, 0.25) is 0 Å². The Bertz CT molecular complexity index is 307. The Morgan fingerprint density at radius 3 is 2.64 bits per heavy atom. The van der Waals surface area contributed by atoms with Crippen LogP contribution in [0.3, 0.4) is 0 Å². The van der Waals surface area contributed by atoms with Gasteiger partial charge in [-0.05, 0) is 5.56 Å². The van der Waals surface area contributed by atoms with Gasteiger partial charge in [0.15, 0.2) is 0 Å². The lowest BCUT2D eigenvalue weighted by atomic mass is 10.2. The number of halogens is 1. The predicted molar refractivity (Wildman–Crippen MR) is 56.3 cm³/mol. The van der Waals surface area contributed by atoms with Gasteiger partial charge in [-0.1, -0.05) is 30.3 Å². The second-order valence-corrected chi connectivity index (χ2v) is 3.54. The molecule has 1 aromatic rings. The van der Waals surface area contributed by atoms with E-state index in [-0.39, 0.29) is 0 Å². The van der Waals surface area contributed by atoms with Crippen LogP contribution in [-0.4, -0.2) is 16.9 Å². The lowest BCUT2D eigenvalue weighted by Gasteiger charge is -2.16. The molecule has 0 radical (unpaired) electrons. The Balaban J connectivity index is 2.42. The molecule has 1 unspecified atom stereocenters. The van der Waals surface area contributed by atoms with Crippen LogP contribution < -0.4 is 5.84 Å². The number of nitrogens with zero attached hydrogens (tertiary/aromatic N) is 2. The van der Waals surface area contributed by atoms with E-state index >= 15 is 0 Å². The molecule has 14 heavy (non-hydrogen) atoms. The van der Waals surface area contributed by atoms with Crippen LogP contribution in [0.1, 0.15) is 5.56 Å². The Morgan fingerprint density at radius 1 is 1.43 bits per heavy atom. The van der Waals surface area contributed by atoms with Crippen molar-refractivity contribution in [1.29, 1.82) is 5.26 Å². The third kappa shape index (κ3) is 3.75. The molecule has 0 aromatic heterocycles. The fraction of sp³-hybridized carbons (Fsp3) is 0.300. The minimum absolute atomic E-state index is 0.368. The van der Waals surface area contributed by atoms with E-state index in [1.54, 1.807) is 0 Å². The van der Waals surface area contributed by atoms with E-state index in [1.807, 2.05) is 36.4 Å². The summed E-state index contributed by atoms with van der Waals surface area (Å²) in [5.74, 6) is 5.68. The first-order chi connectivity index (χ1) is 6.72. The molecule has 0 saturated carbocycles. The molecule has 1 atom stereocenters. The normalized spacial score (nSPS) is 12.4. The molecule has 1 rings (SSSR count). The van der Waals surface area contributed by atoms with Crippen molar-refractivity contribution in [1.82, 2.24) is 5.01 Å². The van der Waals surface area contributed by atoms with Crippen molar-refractivity contribution in [3.63, 3.8) is 0 Å². The van der Waals surface area contributed by atoms with Crippen molar-refractivity contribution in [2.75, 3.05) is 6.54 Å². The number of hydrogen-bond donors (Lipinski definition) is 1. The summed E-state index contributed by atoms with van der Waals surface area (Å²) in [5, 5.41) is 9.47. The van der Waals surface area contributed by atoms with Crippen molar-refractivity contribution in [2.24, 2.45) is 5.84 Å². The van der Waals surface area contributed by atoms with Crippen LogP contribution in [0.15, 0.2) is 30.3 Å². The molecule has 0 heterocycles. The predicted octanol–water partition coefficient (Wildman–Crippen LogP) is 1.49. The van der Waals surface area contributed by atoms with Gasteiger partial charge in [0.1, 0.15) is 5.38 Å². The first kappa shape index (κ1) is 11.0. The highest BCUT2D eigenvalue weighted by molar-refractivity contribution is 6.22. The van der Waals surface area contributed by atoms with Crippen LogP contribution in [0, 0.1) is 11.3 Å². The second kappa shape index (κ2) is 5.61. The number of nitriles is 1. The van der Waals surface area contributed by atoms with Crippen LogP contribution in [0.4, 0.5) is 0 Å². The quantitative estimate of drug-likeness (QED) is 0.465. The average molecular weight is 210 g/mol. The molecule has 4 heteroatoms. The summed E-state index contributed by atoms with van der Waals surface area (Å²) in [7, 11) is 0. The largest absolute Gasteiger partial charge is 0.268 e. The summed E-state index contributed by atoms with van der Waals surface area (Å²) in [6.07, 6.45) is 0. The Labute approximate surface area is 88.7 Å². The number of nitrogens with two attached hydrogens (primary N) is 1. The lowest BCUT2D eigenvalue weighted by Crippen LogP contribution is -2.35. The van der Waals surface area contributed by atoms with E-state index in [0.29, 0.717) is 13.1 Å². The molecule has 0 amide bonds. The Kier molecular flexibility index (Phi) is 4.41. The molecule has 2 N–H and O–H groups in total. The van der Waals surface area contributed by atoms with Gasteiger partial charge >= 0.3 is 0 Å². The fourth-order valence-electron chi connectivity index (χ4n) is 1.13. The van der Waals surface area contributed by atoms with Gasteiger partial charge in [0, 0.05) is 13.1 Å². The highest BCUT2D eigenvalue weighted by Crippen LogP contribution is 2.03. The minimum Gasteiger partial charge on any atom is -0.268 e. The van der Waals surface area contributed by atoms with Crippen LogP contribution in [0.5, 0.6) is 0 Å². The maximum absolute atomic E-state index is 8.49. The SMILES string of the molecule is N#CC(Cl)CN(N)Cc1ccccc1. The number of benzene rings is 1. The molecule has 0 saturated heterocycles. The molecular weight excluding hydrogens is 198 g/mol. The van der Waals surface area contributed by atoms with Gasteiger partial charge in [-0.25, -0.2) is 5.01 Å². The molecule has 0 aliphatic carbocycles. The molecule has 74 valence electrons. The van der Waals surface area contributed by atoms with Gasteiger partial charge in [0.25, 0.3) is 0 Å². The van der Waals surface area contributed by atoms with Gasteiger partial charge in [0.05, 0.1) is 6.07 Å². The monoisotopic (exact) mass is 209 g/mol. The molecule has 0 aliphatic rings. The molecule has 0 aliphatic heterocycles. The first-order valence-electron chi connectivity index (χ1n) is 4.29. The van der Waals surface area contributed by atoms with Crippen molar-refractivity contribution >= 4 is 11.6 Å². The maximum Gasteiger partial charge on any atom is 0.134 e. The molecule has 3 nitrogen and oxygen atoms in total. The van der Waals surface area contributed by atoms with Gasteiger partial charge in [-0.15, -0.1) is 11.6 Å². The van der Waals surface area contributed by atoms with Crippen molar-refractivity contribution in [2.45, 2.75) is 11.9 Å². The van der Waals surface area contributed by atoms with Crippen molar-refractivity contribution in [3.8, 4) is 6.07 Å². The topological polar surface area (TPSA) is 53.0 Å². The summed E-state index contributed by atoms with van der Waals surface area (Å²) in [6, 6.07) is 11.7. The molecule has 1 aromatic carbocycles. The molecule has 0 fully saturated rings. The fourth-order valence-corrected chi connectivity index (χ4v) is 1.31. The van der Waals surface area contributed by atoms with Gasteiger partial charge in [-0.2, -0.15) is 5.26 Å². The van der Waals surface area contributed by atoms with Crippen LogP contribution in [-0.2, 0) is 6.54 Å². The maximum atomic E-state index is 8.49. The molecule has 0 bridgehead atoms. The third-order valence-corrected chi connectivity index (χ3v) is 2.00. The van der Waals surface area contributed by atoms with Gasteiger partial charge < -0.3 is 0 Å². The van der Waals surface area contributed by atoms with E-state index in [1.165, 1.54) is 5.01 Å². The lowest BCUT2D eigenvalue weighted by molar-refractivity contribution is 0.283. The summed E-state index contributed by atoms with van der Waals surface area (Å²) in [5.41, 5.74) is 1.11. The van der Waals surface area contributed by atoms with Crippen molar-refractivity contribution in [3.05, 3.63) is 35.9 Å².